The summed E-state index contributed by atoms with van der Waals surface area (Å²) in [6.07, 6.45) is 10.1. The molecular formula is C14H14O. The van der Waals surface area contributed by atoms with E-state index >= 15 is 0 Å². The van der Waals surface area contributed by atoms with Crippen molar-refractivity contribution in [2.75, 3.05) is 0 Å². The van der Waals surface area contributed by atoms with Gasteiger partial charge in [0.25, 0.3) is 0 Å². The molecule has 0 aliphatic heterocycles. The van der Waals surface area contributed by atoms with Gasteiger partial charge in [-0.2, -0.15) is 0 Å². The lowest BCUT2D eigenvalue weighted by molar-refractivity contribution is -0.112. The molecule has 76 valence electrons. The van der Waals surface area contributed by atoms with Crippen LogP contribution >= 0.6 is 0 Å². The van der Waals surface area contributed by atoms with Crippen LogP contribution in [0, 0.1) is 0 Å². The molecule has 0 bridgehead atoms. The Morgan fingerprint density at radius 1 is 1.40 bits per heavy atom. The maximum atomic E-state index is 10.9. The van der Waals surface area contributed by atoms with Crippen molar-refractivity contribution >= 4 is 17.9 Å². The van der Waals surface area contributed by atoms with E-state index in [1.54, 1.807) is 13.0 Å². The highest BCUT2D eigenvalue weighted by molar-refractivity contribution is 5.92. The van der Waals surface area contributed by atoms with Crippen LogP contribution in [-0.4, -0.2) is 5.78 Å². The number of aryl methyl sites for hydroxylation is 1. The first-order chi connectivity index (χ1) is 7.27. The lowest BCUT2D eigenvalue weighted by Crippen LogP contribution is -1.96. The fraction of sp³-hybridized carbons (Fsp3) is 0.214. The topological polar surface area (TPSA) is 17.1 Å². The van der Waals surface area contributed by atoms with E-state index in [0.717, 1.165) is 18.4 Å². The second-order valence-electron chi connectivity index (χ2n) is 3.81. The lowest BCUT2D eigenvalue weighted by atomic mass is 9.93. The summed E-state index contributed by atoms with van der Waals surface area (Å²) in [5.74, 6) is 0.0902. The molecule has 1 aromatic rings. The summed E-state index contributed by atoms with van der Waals surface area (Å²) in [7, 11) is 0. The molecule has 0 amide bonds. The number of allylic oxidation sites excluding steroid dienone is 2. The molecule has 1 aromatic carbocycles. The van der Waals surface area contributed by atoms with Crippen molar-refractivity contribution in [1.82, 2.24) is 0 Å². The van der Waals surface area contributed by atoms with E-state index in [0.29, 0.717) is 0 Å². The fourth-order valence-electron chi connectivity index (χ4n) is 1.85. The molecule has 0 radical (unpaired) electrons. The van der Waals surface area contributed by atoms with Gasteiger partial charge in [0.2, 0.25) is 0 Å². The predicted octanol–water partition coefficient (Wildman–Crippen LogP) is 3.25. The van der Waals surface area contributed by atoms with Crippen molar-refractivity contribution in [3.63, 3.8) is 0 Å². The Morgan fingerprint density at radius 2 is 2.27 bits per heavy atom. The molecule has 0 aromatic heterocycles. The standard InChI is InChI=1S/C14H14O/c1-11(15)9-10-13-7-4-6-12-5-2-3-8-14(12)13/h3-4,6-10H,2,5H2,1H3/b10-9+. The first kappa shape index (κ1) is 9.91. The second kappa shape index (κ2) is 4.26. The van der Waals surface area contributed by atoms with E-state index in [1.165, 1.54) is 11.1 Å². The monoisotopic (exact) mass is 198 g/mol. The highest BCUT2D eigenvalue weighted by Gasteiger charge is 2.06. The van der Waals surface area contributed by atoms with Gasteiger partial charge in [0.15, 0.2) is 5.78 Å². The number of hydrogen-bond donors (Lipinski definition) is 0. The molecule has 1 nitrogen and oxygen atoms in total. The predicted molar refractivity (Wildman–Crippen MR) is 63.5 cm³/mol. The van der Waals surface area contributed by atoms with Gasteiger partial charge in [0, 0.05) is 0 Å². The molecule has 0 saturated carbocycles. The van der Waals surface area contributed by atoms with E-state index in [2.05, 4.69) is 24.3 Å². The molecule has 0 saturated heterocycles. The zero-order chi connectivity index (χ0) is 10.7. The average Bonchev–Trinajstić information content (AvgIpc) is 2.26. The van der Waals surface area contributed by atoms with Gasteiger partial charge in [0.05, 0.1) is 0 Å². The fourth-order valence-corrected chi connectivity index (χ4v) is 1.85. The van der Waals surface area contributed by atoms with Gasteiger partial charge >= 0.3 is 0 Å². The van der Waals surface area contributed by atoms with E-state index in [-0.39, 0.29) is 5.78 Å². The Kier molecular flexibility index (Phi) is 2.82. The lowest BCUT2D eigenvalue weighted by Gasteiger charge is -2.12. The highest BCUT2D eigenvalue weighted by atomic mass is 16.1. The molecule has 0 N–H and O–H groups in total. The molecule has 0 atom stereocenters. The van der Waals surface area contributed by atoms with E-state index in [4.69, 9.17) is 0 Å². The summed E-state index contributed by atoms with van der Waals surface area (Å²) < 4.78 is 0. The van der Waals surface area contributed by atoms with Gasteiger partial charge in [0.1, 0.15) is 0 Å². The minimum Gasteiger partial charge on any atom is -0.295 e. The van der Waals surface area contributed by atoms with Crippen LogP contribution in [0.15, 0.2) is 30.4 Å². The molecule has 0 unspecified atom stereocenters. The molecule has 1 aliphatic carbocycles. The molecule has 1 aliphatic rings. The summed E-state index contributed by atoms with van der Waals surface area (Å²) in [4.78, 5) is 10.9. The van der Waals surface area contributed by atoms with E-state index in [9.17, 15) is 4.79 Å². The van der Waals surface area contributed by atoms with Crippen molar-refractivity contribution in [3.8, 4) is 0 Å². The largest absolute Gasteiger partial charge is 0.295 e. The minimum absolute atomic E-state index is 0.0902. The number of benzene rings is 1. The molecule has 15 heavy (non-hydrogen) atoms. The van der Waals surface area contributed by atoms with E-state index < -0.39 is 0 Å². The summed E-state index contributed by atoms with van der Waals surface area (Å²) in [6.45, 7) is 1.57. The Hall–Kier alpha value is -1.63. The smallest absolute Gasteiger partial charge is 0.152 e. The van der Waals surface area contributed by atoms with Crippen LogP contribution < -0.4 is 0 Å². The third kappa shape index (κ3) is 2.24. The molecule has 0 fully saturated rings. The van der Waals surface area contributed by atoms with Gasteiger partial charge < -0.3 is 0 Å². The summed E-state index contributed by atoms with van der Waals surface area (Å²) in [6, 6.07) is 6.26. The Morgan fingerprint density at radius 3 is 3.07 bits per heavy atom. The molecule has 0 spiro atoms. The summed E-state index contributed by atoms with van der Waals surface area (Å²) in [5, 5.41) is 0. The zero-order valence-electron chi connectivity index (χ0n) is 8.86. The van der Waals surface area contributed by atoms with Crippen molar-refractivity contribution in [1.29, 1.82) is 0 Å². The van der Waals surface area contributed by atoms with Gasteiger partial charge in [-0.15, -0.1) is 0 Å². The van der Waals surface area contributed by atoms with Crippen LogP contribution in [0.1, 0.15) is 30.0 Å². The maximum absolute atomic E-state index is 10.9. The molecule has 0 heterocycles. The molecular weight excluding hydrogens is 184 g/mol. The number of hydrogen-bond acceptors (Lipinski definition) is 1. The van der Waals surface area contributed by atoms with Crippen LogP contribution in [0.25, 0.3) is 12.2 Å². The van der Waals surface area contributed by atoms with Crippen molar-refractivity contribution in [2.24, 2.45) is 0 Å². The summed E-state index contributed by atoms with van der Waals surface area (Å²) >= 11 is 0. The SMILES string of the molecule is CC(=O)/C=C/c1cccc2c1C=CCC2. The van der Waals surface area contributed by atoms with Crippen LogP contribution in [0.3, 0.4) is 0 Å². The van der Waals surface area contributed by atoms with Crippen LogP contribution in [0.2, 0.25) is 0 Å². The number of rotatable bonds is 2. The van der Waals surface area contributed by atoms with Crippen molar-refractivity contribution in [3.05, 3.63) is 47.0 Å². The molecule has 1 heteroatoms. The zero-order valence-corrected chi connectivity index (χ0v) is 8.86. The van der Waals surface area contributed by atoms with Crippen molar-refractivity contribution < 1.29 is 4.79 Å². The molecule has 2 rings (SSSR count). The first-order valence-electron chi connectivity index (χ1n) is 5.24. The normalized spacial score (nSPS) is 14.2. The number of carbonyl (C=O) groups is 1. The second-order valence-corrected chi connectivity index (χ2v) is 3.81. The maximum Gasteiger partial charge on any atom is 0.152 e. The quantitative estimate of drug-likeness (QED) is 0.667. The van der Waals surface area contributed by atoms with Gasteiger partial charge in [-0.05, 0) is 42.5 Å². The third-order valence-corrected chi connectivity index (χ3v) is 2.59. The van der Waals surface area contributed by atoms with Crippen LogP contribution in [0.4, 0.5) is 0 Å². The van der Waals surface area contributed by atoms with Gasteiger partial charge in [-0.25, -0.2) is 0 Å². The minimum atomic E-state index is 0.0902. The third-order valence-electron chi connectivity index (χ3n) is 2.59. The average molecular weight is 198 g/mol. The highest BCUT2D eigenvalue weighted by Crippen LogP contribution is 2.23. The summed E-state index contributed by atoms with van der Waals surface area (Å²) in [5.41, 5.74) is 3.78. The van der Waals surface area contributed by atoms with Crippen LogP contribution in [0.5, 0.6) is 0 Å². The first-order valence-corrected chi connectivity index (χ1v) is 5.24. The van der Waals surface area contributed by atoms with Gasteiger partial charge in [-0.3, -0.25) is 4.79 Å². The number of fused-ring (bicyclic) bond motifs is 1. The number of ketones is 1. The van der Waals surface area contributed by atoms with E-state index in [1.807, 2.05) is 12.1 Å². The van der Waals surface area contributed by atoms with Crippen molar-refractivity contribution in [2.45, 2.75) is 19.8 Å². The Labute approximate surface area is 90.1 Å². The van der Waals surface area contributed by atoms with Crippen LogP contribution in [-0.2, 0) is 11.2 Å². The van der Waals surface area contributed by atoms with Gasteiger partial charge in [-0.1, -0.05) is 36.4 Å². The Balaban J connectivity index is 2.41. The number of carbonyl (C=O) groups excluding carboxylic acids is 1. The Bertz CT molecular complexity index is 439.